The van der Waals surface area contributed by atoms with Crippen molar-refractivity contribution in [1.82, 2.24) is 15.2 Å². The van der Waals surface area contributed by atoms with E-state index in [1.54, 1.807) is 11.1 Å². The van der Waals surface area contributed by atoms with Crippen molar-refractivity contribution in [2.45, 2.75) is 12.8 Å². The van der Waals surface area contributed by atoms with Crippen LogP contribution in [0.15, 0.2) is 54.7 Å². The van der Waals surface area contributed by atoms with Gasteiger partial charge in [0.05, 0.1) is 0 Å². The molecule has 0 spiro atoms. The van der Waals surface area contributed by atoms with Gasteiger partial charge >= 0.3 is 0 Å². The molecular weight excluding hydrogens is 328 g/mol. The summed E-state index contributed by atoms with van der Waals surface area (Å²) in [7, 11) is 0. The summed E-state index contributed by atoms with van der Waals surface area (Å²) < 4.78 is 0. The van der Waals surface area contributed by atoms with E-state index >= 15 is 0 Å². The molecule has 3 rings (SSSR count). The maximum atomic E-state index is 12.3. The van der Waals surface area contributed by atoms with E-state index in [-0.39, 0.29) is 18.2 Å². The van der Waals surface area contributed by atoms with Gasteiger partial charge in [0.2, 0.25) is 11.8 Å². The van der Waals surface area contributed by atoms with Gasteiger partial charge in [0.15, 0.2) is 0 Å². The van der Waals surface area contributed by atoms with Crippen molar-refractivity contribution in [3.8, 4) is 0 Å². The zero-order chi connectivity index (χ0) is 18.2. The van der Waals surface area contributed by atoms with E-state index in [0.717, 1.165) is 25.3 Å². The number of nitrogens with zero attached hydrogens (tertiary/aromatic N) is 3. The molecule has 1 aromatic heterocycles. The van der Waals surface area contributed by atoms with Crippen molar-refractivity contribution in [1.29, 1.82) is 0 Å². The van der Waals surface area contributed by atoms with E-state index in [4.69, 9.17) is 0 Å². The molecule has 0 unspecified atom stereocenters. The summed E-state index contributed by atoms with van der Waals surface area (Å²) in [6, 6.07) is 15.8. The Hall–Kier alpha value is -2.89. The fraction of sp³-hybridized carbons (Fsp3) is 0.350. The van der Waals surface area contributed by atoms with Crippen LogP contribution in [0.25, 0.3) is 0 Å². The molecule has 136 valence electrons. The number of carbonyl (C=O) groups excluding carboxylic acids is 2. The zero-order valence-electron chi connectivity index (χ0n) is 14.8. The van der Waals surface area contributed by atoms with Crippen molar-refractivity contribution >= 4 is 17.6 Å². The molecule has 0 bridgehead atoms. The fourth-order valence-corrected chi connectivity index (χ4v) is 3.03. The molecule has 0 aliphatic carbocycles. The van der Waals surface area contributed by atoms with E-state index in [0.29, 0.717) is 19.6 Å². The summed E-state index contributed by atoms with van der Waals surface area (Å²) in [4.78, 5) is 32.6. The SMILES string of the molecule is O=C(CC(=O)N1CCN(c2ccccn2)CC1)NCCc1ccccc1. The number of piperazine rings is 1. The van der Waals surface area contributed by atoms with Crippen molar-refractivity contribution in [3.63, 3.8) is 0 Å². The number of pyridine rings is 1. The number of nitrogens with one attached hydrogen (secondary N) is 1. The van der Waals surface area contributed by atoms with E-state index in [1.165, 1.54) is 5.56 Å². The van der Waals surface area contributed by atoms with Gasteiger partial charge in [-0.1, -0.05) is 36.4 Å². The van der Waals surface area contributed by atoms with Gasteiger partial charge in [0, 0.05) is 38.9 Å². The van der Waals surface area contributed by atoms with Crippen LogP contribution in [-0.2, 0) is 16.0 Å². The second-order valence-electron chi connectivity index (χ2n) is 6.32. The maximum Gasteiger partial charge on any atom is 0.232 e. The Bertz CT molecular complexity index is 713. The lowest BCUT2D eigenvalue weighted by Gasteiger charge is -2.35. The average molecular weight is 352 g/mol. The van der Waals surface area contributed by atoms with Crippen LogP contribution >= 0.6 is 0 Å². The number of rotatable bonds is 6. The molecule has 6 nitrogen and oxygen atoms in total. The Morgan fingerprint density at radius 1 is 0.962 bits per heavy atom. The third kappa shape index (κ3) is 5.05. The Balaban J connectivity index is 1.38. The van der Waals surface area contributed by atoms with E-state index in [2.05, 4.69) is 15.2 Å². The minimum Gasteiger partial charge on any atom is -0.355 e. The lowest BCUT2D eigenvalue weighted by atomic mass is 10.1. The molecule has 1 aliphatic rings. The first kappa shape index (κ1) is 17.9. The number of aromatic nitrogens is 1. The number of amides is 2. The van der Waals surface area contributed by atoms with Gasteiger partial charge in [-0.05, 0) is 24.1 Å². The van der Waals surface area contributed by atoms with Crippen LogP contribution in [0.5, 0.6) is 0 Å². The van der Waals surface area contributed by atoms with Crippen LogP contribution in [0, 0.1) is 0 Å². The average Bonchev–Trinajstić information content (AvgIpc) is 2.69. The first-order chi connectivity index (χ1) is 12.7. The summed E-state index contributed by atoms with van der Waals surface area (Å²) >= 11 is 0. The monoisotopic (exact) mass is 352 g/mol. The van der Waals surface area contributed by atoms with Crippen LogP contribution in [-0.4, -0.2) is 54.4 Å². The summed E-state index contributed by atoms with van der Waals surface area (Å²) in [6.07, 6.45) is 2.45. The summed E-state index contributed by atoms with van der Waals surface area (Å²) in [5.74, 6) is 0.610. The highest BCUT2D eigenvalue weighted by molar-refractivity contribution is 5.96. The van der Waals surface area contributed by atoms with Crippen LogP contribution in [0.2, 0.25) is 0 Å². The molecule has 1 saturated heterocycles. The molecule has 2 aromatic rings. The quantitative estimate of drug-likeness (QED) is 0.800. The second kappa shape index (κ2) is 8.99. The third-order valence-corrected chi connectivity index (χ3v) is 4.50. The smallest absolute Gasteiger partial charge is 0.232 e. The minimum atomic E-state index is -0.210. The molecular formula is C20H24N4O2. The lowest BCUT2D eigenvalue weighted by Crippen LogP contribution is -2.49. The molecule has 1 aromatic carbocycles. The second-order valence-corrected chi connectivity index (χ2v) is 6.32. The van der Waals surface area contributed by atoms with E-state index in [9.17, 15) is 9.59 Å². The lowest BCUT2D eigenvalue weighted by molar-refractivity contribution is -0.136. The first-order valence-corrected chi connectivity index (χ1v) is 8.97. The largest absolute Gasteiger partial charge is 0.355 e. The summed E-state index contributed by atoms with van der Waals surface area (Å²) in [6.45, 7) is 3.25. The molecule has 1 N–H and O–H groups in total. The van der Waals surface area contributed by atoms with Gasteiger partial charge < -0.3 is 15.1 Å². The Morgan fingerprint density at radius 3 is 2.38 bits per heavy atom. The van der Waals surface area contributed by atoms with Crippen LogP contribution < -0.4 is 10.2 Å². The molecule has 0 saturated carbocycles. The molecule has 6 heteroatoms. The highest BCUT2D eigenvalue weighted by Gasteiger charge is 2.23. The van der Waals surface area contributed by atoms with Gasteiger partial charge in [0.25, 0.3) is 0 Å². The molecule has 2 amide bonds. The van der Waals surface area contributed by atoms with Gasteiger partial charge in [-0.2, -0.15) is 0 Å². The number of benzene rings is 1. The minimum absolute atomic E-state index is 0.0849. The van der Waals surface area contributed by atoms with Crippen LogP contribution in [0.3, 0.4) is 0 Å². The number of hydrogen-bond acceptors (Lipinski definition) is 4. The fourth-order valence-electron chi connectivity index (χ4n) is 3.03. The number of hydrogen-bond donors (Lipinski definition) is 1. The number of anilines is 1. The Kier molecular flexibility index (Phi) is 6.19. The normalized spacial score (nSPS) is 14.2. The van der Waals surface area contributed by atoms with Gasteiger partial charge in [-0.25, -0.2) is 4.98 Å². The molecule has 26 heavy (non-hydrogen) atoms. The highest BCUT2D eigenvalue weighted by Crippen LogP contribution is 2.13. The van der Waals surface area contributed by atoms with E-state index < -0.39 is 0 Å². The van der Waals surface area contributed by atoms with Crippen molar-refractivity contribution in [2.75, 3.05) is 37.6 Å². The molecule has 2 heterocycles. The van der Waals surface area contributed by atoms with Gasteiger partial charge in [-0.3, -0.25) is 9.59 Å². The summed E-state index contributed by atoms with van der Waals surface area (Å²) in [5, 5.41) is 2.83. The topological polar surface area (TPSA) is 65.5 Å². The number of carbonyl (C=O) groups is 2. The molecule has 0 radical (unpaired) electrons. The van der Waals surface area contributed by atoms with E-state index in [1.807, 2.05) is 48.5 Å². The maximum absolute atomic E-state index is 12.3. The molecule has 1 fully saturated rings. The molecule has 1 aliphatic heterocycles. The third-order valence-electron chi connectivity index (χ3n) is 4.50. The Labute approximate surface area is 153 Å². The van der Waals surface area contributed by atoms with Crippen molar-refractivity contribution in [3.05, 3.63) is 60.3 Å². The highest BCUT2D eigenvalue weighted by atomic mass is 16.2. The van der Waals surface area contributed by atoms with Crippen molar-refractivity contribution in [2.24, 2.45) is 0 Å². The van der Waals surface area contributed by atoms with Gasteiger partial charge in [0.1, 0.15) is 12.2 Å². The van der Waals surface area contributed by atoms with Gasteiger partial charge in [-0.15, -0.1) is 0 Å². The Morgan fingerprint density at radius 2 is 1.69 bits per heavy atom. The van der Waals surface area contributed by atoms with Crippen LogP contribution in [0.1, 0.15) is 12.0 Å². The predicted molar refractivity (Wildman–Crippen MR) is 101 cm³/mol. The summed E-state index contributed by atoms with van der Waals surface area (Å²) in [5.41, 5.74) is 1.17. The predicted octanol–water partition coefficient (Wildman–Crippen LogP) is 1.48. The molecule has 0 atom stereocenters. The first-order valence-electron chi connectivity index (χ1n) is 8.97. The zero-order valence-corrected chi connectivity index (χ0v) is 14.8. The van der Waals surface area contributed by atoms with Crippen LogP contribution in [0.4, 0.5) is 5.82 Å². The standard InChI is InChI=1S/C20H24N4O2/c25-19(22-11-9-17-6-2-1-3-7-17)16-20(26)24-14-12-23(13-15-24)18-8-4-5-10-21-18/h1-8,10H,9,11-16H2,(H,22,25). The van der Waals surface area contributed by atoms with Crippen molar-refractivity contribution < 1.29 is 9.59 Å².